The van der Waals surface area contributed by atoms with Crippen molar-refractivity contribution < 1.29 is 20.4 Å². The number of halogens is 1. The van der Waals surface area contributed by atoms with E-state index in [-0.39, 0.29) is 5.56 Å². The summed E-state index contributed by atoms with van der Waals surface area (Å²) in [6.07, 6.45) is 21.7. The Morgan fingerprint density at radius 2 is 0.844 bits per heavy atom. The SMILES string of the molecule is Cc1ccc(C(C)(O)Cn2c3c(c4cc(Cl)ccc42)C2CCCN2CC3)cn1.Cc1ccc2c(c1)c1c(n2CC(C)(O)c2ccc(C)nc2)CCN2CCCC12.Cc1ccc2c(c1)c1c(n2CC(O)c2cc[nH]c(=O)c2)CCN2CCCC12.Cc1ccc2c(c1)c1c(n2CC(O)c2cccnc2)CCN2CCCC12. The maximum atomic E-state index is 11.6. The van der Waals surface area contributed by atoms with Crippen LogP contribution in [-0.2, 0) is 63.1 Å². The van der Waals surface area contributed by atoms with Gasteiger partial charge in [0, 0.05) is 213 Å². The van der Waals surface area contributed by atoms with Gasteiger partial charge in [-0.1, -0.05) is 64.7 Å². The molecule has 8 aromatic heterocycles. The number of aromatic nitrogens is 8. The lowest BCUT2D eigenvalue weighted by molar-refractivity contribution is 0.0376. The molecular weight excluding hydrogens is 1380 g/mol. The summed E-state index contributed by atoms with van der Waals surface area (Å²) in [4.78, 5) is 37.7. The van der Waals surface area contributed by atoms with Crippen LogP contribution in [0.2, 0.25) is 5.02 Å². The monoisotopic (exact) mass is 1480 g/mol. The Hall–Kier alpha value is -8.59. The van der Waals surface area contributed by atoms with Crippen LogP contribution in [0.1, 0.15) is 197 Å². The molecule has 109 heavy (non-hydrogen) atoms. The molecule has 20 rings (SSSR count). The van der Waals surface area contributed by atoms with Crippen molar-refractivity contribution in [3.8, 4) is 0 Å². The van der Waals surface area contributed by atoms with E-state index in [1.165, 1.54) is 189 Å². The van der Waals surface area contributed by atoms with E-state index in [1.807, 2.05) is 76.4 Å². The summed E-state index contributed by atoms with van der Waals surface area (Å²) in [6, 6.07) is 43.5. The fourth-order valence-electron chi connectivity index (χ4n) is 20.2. The number of rotatable bonds is 12. The molecule has 0 saturated carbocycles. The van der Waals surface area contributed by atoms with Gasteiger partial charge in [-0.3, -0.25) is 39.3 Å². The van der Waals surface area contributed by atoms with Crippen molar-refractivity contribution in [1.29, 1.82) is 0 Å². The Bertz CT molecular complexity index is 5250. The van der Waals surface area contributed by atoms with Crippen LogP contribution in [0.3, 0.4) is 0 Å². The van der Waals surface area contributed by atoms with E-state index < -0.39 is 23.4 Å². The first-order chi connectivity index (χ1) is 52.7. The predicted molar refractivity (Wildman–Crippen MR) is 434 cm³/mol. The molecule has 4 saturated heterocycles. The first-order valence-electron chi connectivity index (χ1n) is 40.1. The van der Waals surface area contributed by atoms with E-state index in [4.69, 9.17) is 11.6 Å². The number of nitrogens with one attached hydrogen (secondary N) is 1. The molecule has 8 atom stereocenters. The van der Waals surface area contributed by atoms with Gasteiger partial charge in [0.25, 0.3) is 0 Å². The van der Waals surface area contributed by atoms with Crippen molar-refractivity contribution in [2.24, 2.45) is 0 Å². The van der Waals surface area contributed by atoms with Crippen molar-refractivity contribution >= 4 is 55.2 Å². The summed E-state index contributed by atoms with van der Waals surface area (Å²) in [5, 5.41) is 50.5. The molecular formula is C91H105ClN12O5. The van der Waals surface area contributed by atoms with Crippen LogP contribution in [-0.4, -0.2) is 131 Å². The molecule has 4 aromatic carbocycles. The first kappa shape index (κ1) is 73.2. The highest BCUT2D eigenvalue weighted by Gasteiger charge is 2.41. The molecule has 12 aromatic rings. The average Bonchev–Trinajstić information content (AvgIpc) is 1.61. The second-order valence-corrected chi connectivity index (χ2v) is 33.5. The van der Waals surface area contributed by atoms with Gasteiger partial charge in [0.15, 0.2) is 0 Å². The van der Waals surface area contributed by atoms with E-state index >= 15 is 0 Å². The number of benzene rings is 4. The molecule has 8 aliphatic rings. The van der Waals surface area contributed by atoms with Crippen LogP contribution in [0.25, 0.3) is 43.6 Å². The summed E-state index contributed by atoms with van der Waals surface area (Å²) in [6.45, 7) is 25.6. The smallest absolute Gasteiger partial charge is 0.248 e. The molecule has 18 heteroatoms. The first-order valence-corrected chi connectivity index (χ1v) is 40.5. The molecule has 0 aliphatic carbocycles. The Balaban J connectivity index is 0.000000106. The molecule has 0 radical (unpaired) electrons. The van der Waals surface area contributed by atoms with Gasteiger partial charge in [-0.05, 0) is 233 Å². The molecule has 0 bridgehead atoms. The zero-order valence-electron chi connectivity index (χ0n) is 64.4. The quantitative estimate of drug-likeness (QED) is 0.0781. The maximum absolute atomic E-state index is 11.6. The summed E-state index contributed by atoms with van der Waals surface area (Å²) in [5.74, 6) is 0. The zero-order valence-corrected chi connectivity index (χ0v) is 65.1. The van der Waals surface area contributed by atoms with E-state index in [1.54, 1.807) is 30.9 Å². The van der Waals surface area contributed by atoms with Crippen molar-refractivity contribution in [3.63, 3.8) is 0 Å². The molecule has 16 heterocycles. The van der Waals surface area contributed by atoms with E-state index in [0.717, 1.165) is 85.0 Å². The van der Waals surface area contributed by atoms with Crippen molar-refractivity contribution in [3.05, 3.63) is 263 Å². The summed E-state index contributed by atoms with van der Waals surface area (Å²) < 4.78 is 9.39. The zero-order chi connectivity index (χ0) is 75.1. The second-order valence-electron chi connectivity index (χ2n) is 33.1. The Morgan fingerprint density at radius 1 is 0.459 bits per heavy atom. The number of aliphatic hydroxyl groups is 4. The molecule has 17 nitrogen and oxygen atoms in total. The molecule has 5 N–H and O–H groups in total. The Morgan fingerprint density at radius 3 is 1.23 bits per heavy atom. The van der Waals surface area contributed by atoms with Crippen molar-refractivity contribution in [2.45, 2.75) is 199 Å². The molecule has 0 spiro atoms. The highest BCUT2D eigenvalue weighted by Crippen LogP contribution is 2.49. The third-order valence-electron chi connectivity index (χ3n) is 25.6. The number of hydrogen-bond donors (Lipinski definition) is 5. The molecule has 8 unspecified atom stereocenters. The number of aliphatic hydroxyl groups excluding tert-OH is 2. The van der Waals surface area contributed by atoms with Gasteiger partial charge in [-0.15, -0.1) is 0 Å². The van der Waals surface area contributed by atoms with Crippen molar-refractivity contribution in [2.75, 3.05) is 52.4 Å². The van der Waals surface area contributed by atoms with Gasteiger partial charge < -0.3 is 43.7 Å². The Kier molecular flexibility index (Phi) is 20.1. The number of aryl methyl sites for hydroxylation is 5. The third-order valence-corrected chi connectivity index (χ3v) is 25.8. The van der Waals surface area contributed by atoms with Gasteiger partial charge in [-0.2, -0.15) is 0 Å². The van der Waals surface area contributed by atoms with Crippen LogP contribution >= 0.6 is 11.6 Å². The van der Waals surface area contributed by atoms with E-state index in [2.05, 4.69) is 145 Å². The van der Waals surface area contributed by atoms with Gasteiger partial charge >= 0.3 is 0 Å². The number of pyridine rings is 4. The predicted octanol–water partition coefficient (Wildman–Crippen LogP) is 15.7. The number of fused-ring (bicyclic) bond motifs is 20. The standard InChI is InChI=1S/C24H29N3O.C23H26ClN3O.C22H25N3O2.C22H25N3O/c1-16-6-9-20-19(13-16)23-21-5-4-11-26(21)12-10-22(23)27(20)15-24(3,28)18-8-7-17(2)25-14-18;1-15-5-6-16(13-25-15)23(2,28)14-27-19-8-7-17(24)12-18(19)22-20-4-3-10-26(20)11-9-21(22)27;1-14-4-5-17-16(11-14)22-18-3-2-9-24(18)10-7-19(22)25(17)13-20(26)15-6-8-23-21(27)12-15;1-15-6-7-18-17(12-15)22-19-5-3-10-24(19)11-8-20(22)25(18)14-21(26)16-4-2-9-23-13-16/h6-9,13-14,21,28H,4-5,10-12,15H2,1-3H3;5-8,12-13,20,28H,3-4,9-11,14H2,1-2H3;4-6,8,11-12,18,20,26H,2-3,7,9-10,13H2,1H3,(H,23,27);2,4,6-7,9,12-13,19,21,26H,3,5,8,10-11,14H2,1H3. The van der Waals surface area contributed by atoms with E-state index in [0.29, 0.717) is 55.9 Å². The highest BCUT2D eigenvalue weighted by molar-refractivity contribution is 6.31. The largest absolute Gasteiger partial charge is 0.387 e. The summed E-state index contributed by atoms with van der Waals surface area (Å²) in [7, 11) is 0. The minimum atomic E-state index is -0.993. The lowest BCUT2D eigenvalue weighted by Gasteiger charge is -2.32. The van der Waals surface area contributed by atoms with Gasteiger partial charge in [0.2, 0.25) is 5.56 Å². The summed E-state index contributed by atoms with van der Waals surface area (Å²) >= 11 is 6.38. The van der Waals surface area contributed by atoms with Crippen LogP contribution < -0.4 is 5.56 Å². The lowest BCUT2D eigenvalue weighted by Crippen LogP contribution is -2.33. The molecule has 4 fully saturated rings. The highest BCUT2D eigenvalue weighted by atomic mass is 35.5. The van der Waals surface area contributed by atoms with E-state index in [9.17, 15) is 25.2 Å². The number of aromatic amines is 1. The minimum absolute atomic E-state index is 0.178. The van der Waals surface area contributed by atoms with Crippen LogP contribution in [0.5, 0.6) is 0 Å². The molecule has 566 valence electrons. The average molecular weight is 1480 g/mol. The lowest BCUT2D eigenvalue weighted by atomic mass is 9.95. The Labute approximate surface area is 644 Å². The van der Waals surface area contributed by atoms with Crippen molar-refractivity contribution in [1.82, 2.24) is 57.8 Å². The summed E-state index contributed by atoms with van der Waals surface area (Å²) in [5.41, 5.74) is 23.3. The molecule has 8 aliphatic heterocycles. The van der Waals surface area contributed by atoms with Crippen LogP contribution in [0.15, 0.2) is 157 Å². The van der Waals surface area contributed by atoms with Gasteiger partial charge in [-0.25, -0.2) is 0 Å². The third kappa shape index (κ3) is 14.0. The van der Waals surface area contributed by atoms with Crippen LogP contribution in [0.4, 0.5) is 0 Å². The van der Waals surface area contributed by atoms with Gasteiger partial charge in [0.05, 0.1) is 38.4 Å². The normalized spacial score (nSPS) is 21.1. The fraction of sp³-hybridized carbons (Fsp3) is 0.429. The molecule has 0 amide bonds. The second kappa shape index (κ2) is 29.9. The number of nitrogens with zero attached hydrogens (tertiary/aromatic N) is 11. The minimum Gasteiger partial charge on any atom is -0.387 e. The number of H-pyrrole nitrogens is 1. The number of hydrogen-bond acceptors (Lipinski definition) is 12. The topological polar surface area (TPSA) is 185 Å². The fourth-order valence-corrected chi connectivity index (χ4v) is 20.4. The van der Waals surface area contributed by atoms with Gasteiger partial charge in [0.1, 0.15) is 11.2 Å². The van der Waals surface area contributed by atoms with Crippen LogP contribution in [0, 0.1) is 34.6 Å². The maximum Gasteiger partial charge on any atom is 0.248 e.